The van der Waals surface area contributed by atoms with Gasteiger partial charge in [0.1, 0.15) is 0 Å². The number of allylic oxidation sites excluding steroid dienone is 2. The predicted molar refractivity (Wildman–Crippen MR) is 67.5 cm³/mol. The van der Waals surface area contributed by atoms with Crippen LogP contribution in [0.25, 0.3) is 5.70 Å². The van der Waals surface area contributed by atoms with Crippen molar-refractivity contribution in [3.63, 3.8) is 0 Å². The van der Waals surface area contributed by atoms with Gasteiger partial charge in [0, 0.05) is 11.8 Å². The molecule has 1 aromatic rings. The lowest BCUT2D eigenvalue weighted by atomic mass is 10.1. The SMILES string of the molecule is CO/C(N)=C/C(C)=C(\N)c1ccc(C(F)(F)F)cc1. The Morgan fingerprint density at radius 1 is 1.16 bits per heavy atom. The highest BCUT2D eigenvalue weighted by molar-refractivity contribution is 5.68. The maximum Gasteiger partial charge on any atom is 0.416 e. The molecule has 0 bridgehead atoms. The third-order valence-electron chi connectivity index (χ3n) is 2.54. The summed E-state index contributed by atoms with van der Waals surface area (Å²) in [4.78, 5) is 0. The summed E-state index contributed by atoms with van der Waals surface area (Å²) in [7, 11) is 1.41. The molecule has 3 nitrogen and oxygen atoms in total. The van der Waals surface area contributed by atoms with Gasteiger partial charge in [0.05, 0.1) is 12.7 Å². The second-order valence-corrected chi connectivity index (χ2v) is 3.92. The fourth-order valence-electron chi connectivity index (χ4n) is 1.42. The first-order valence-electron chi connectivity index (χ1n) is 5.41. The monoisotopic (exact) mass is 272 g/mol. The molecule has 0 atom stereocenters. The largest absolute Gasteiger partial charge is 0.483 e. The van der Waals surface area contributed by atoms with Gasteiger partial charge in [-0.25, -0.2) is 0 Å². The van der Waals surface area contributed by atoms with Crippen LogP contribution in [0.5, 0.6) is 0 Å². The molecule has 19 heavy (non-hydrogen) atoms. The highest BCUT2D eigenvalue weighted by atomic mass is 19.4. The number of hydrogen-bond donors (Lipinski definition) is 2. The second kappa shape index (κ2) is 5.69. The van der Waals surface area contributed by atoms with E-state index in [1.165, 1.54) is 25.3 Å². The third kappa shape index (κ3) is 3.94. The standard InChI is InChI=1S/C13H15F3N2O/c1-8(7-11(17)19-2)12(18)9-3-5-10(6-4-9)13(14,15)16/h3-7H,17-18H2,1-2H3/b11-7+,12-8-. The van der Waals surface area contributed by atoms with E-state index in [-0.39, 0.29) is 5.88 Å². The molecule has 0 amide bonds. The Morgan fingerprint density at radius 3 is 2.11 bits per heavy atom. The smallest absolute Gasteiger partial charge is 0.416 e. The van der Waals surface area contributed by atoms with Crippen LogP contribution in [-0.2, 0) is 10.9 Å². The van der Waals surface area contributed by atoms with E-state index in [2.05, 4.69) is 0 Å². The molecular weight excluding hydrogens is 257 g/mol. The van der Waals surface area contributed by atoms with Gasteiger partial charge in [-0.1, -0.05) is 12.1 Å². The lowest BCUT2D eigenvalue weighted by Crippen LogP contribution is -2.06. The second-order valence-electron chi connectivity index (χ2n) is 3.92. The van der Waals surface area contributed by atoms with E-state index in [1.807, 2.05) is 0 Å². The van der Waals surface area contributed by atoms with Gasteiger partial charge in [0.25, 0.3) is 0 Å². The van der Waals surface area contributed by atoms with Gasteiger partial charge in [-0.05, 0) is 30.2 Å². The summed E-state index contributed by atoms with van der Waals surface area (Å²) in [5.41, 5.74) is 12.0. The van der Waals surface area contributed by atoms with Crippen molar-refractivity contribution in [2.75, 3.05) is 7.11 Å². The van der Waals surface area contributed by atoms with Crippen LogP contribution in [0.3, 0.4) is 0 Å². The van der Waals surface area contributed by atoms with Gasteiger partial charge < -0.3 is 16.2 Å². The molecule has 6 heteroatoms. The summed E-state index contributed by atoms with van der Waals surface area (Å²) >= 11 is 0. The number of hydrogen-bond acceptors (Lipinski definition) is 3. The molecule has 0 unspecified atom stereocenters. The summed E-state index contributed by atoms with van der Waals surface area (Å²) in [6.45, 7) is 1.69. The van der Waals surface area contributed by atoms with Crippen molar-refractivity contribution >= 4 is 5.70 Å². The molecule has 1 aromatic carbocycles. The Morgan fingerprint density at radius 2 is 1.68 bits per heavy atom. The van der Waals surface area contributed by atoms with Crippen molar-refractivity contribution in [1.29, 1.82) is 0 Å². The summed E-state index contributed by atoms with van der Waals surface area (Å²) in [5.74, 6) is 0.173. The van der Waals surface area contributed by atoms with Crippen molar-refractivity contribution in [2.45, 2.75) is 13.1 Å². The highest BCUT2D eigenvalue weighted by Crippen LogP contribution is 2.29. The van der Waals surface area contributed by atoms with Gasteiger partial charge in [0.15, 0.2) is 5.88 Å². The molecule has 0 aromatic heterocycles. The zero-order valence-corrected chi connectivity index (χ0v) is 10.6. The van der Waals surface area contributed by atoms with Gasteiger partial charge >= 0.3 is 6.18 Å². The van der Waals surface area contributed by atoms with Crippen LogP contribution in [0.2, 0.25) is 0 Å². The summed E-state index contributed by atoms with van der Waals surface area (Å²) < 4.78 is 42.0. The maximum absolute atomic E-state index is 12.4. The van der Waals surface area contributed by atoms with Gasteiger partial charge in [-0.2, -0.15) is 13.2 Å². The fraction of sp³-hybridized carbons (Fsp3) is 0.231. The molecule has 0 fully saturated rings. The Hall–Kier alpha value is -2.11. The molecule has 0 heterocycles. The molecule has 104 valence electrons. The first kappa shape index (κ1) is 14.9. The van der Waals surface area contributed by atoms with E-state index in [0.29, 0.717) is 16.8 Å². The minimum Gasteiger partial charge on any atom is -0.483 e. The van der Waals surface area contributed by atoms with Gasteiger partial charge in [0.2, 0.25) is 0 Å². The van der Waals surface area contributed by atoms with Crippen molar-refractivity contribution in [3.8, 4) is 0 Å². The number of ether oxygens (including phenoxy) is 1. The van der Waals surface area contributed by atoms with E-state index in [9.17, 15) is 13.2 Å². The van der Waals surface area contributed by atoms with Crippen LogP contribution in [0.4, 0.5) is 13.2 Å². The average molecular weight is 272 g/mol. The minimum absolute atomic E-state index is 0.173. The van der Waals surface area contributed by atoms with Gasteiger partial charge in [-0.3, -0.25) is 0 Å². The average Bonchev–Trinajstić information content (AvgIpc) is 2.36. The molecular formula is C13H15F3N2O. The first-order chi connectivity index (χ1) is 8.75. The lowest BCUT2D eigenvalue weighted by molar-refractivity contribution is -0.137. The Bertz CT molecular complexity index is 502. The maximum atomic E-state index is 12.4. The van der Waals surface area contributed by atoms with Crippen LogP contribution < -0.4 is 11.5 Å². The molecule has 0 radical (unpaired) electrons. The van der Waals surface area contributed by atoms with Crippen molar-refractivity contribution in [3.05, 3.63) is 52.9 Å². The summed E-state index contributed by atoms with van der Waals surface area (Å²) in [6, 6.07) is 4.61. The summed E-state index contributed by atoms with van der Waals surface area (Å²) in [6.07, 6.45) is -2.85. The van der Waals surface area contributed by atoms with Crippen LogP contribution >= 0.6 is 0 Å². The third-order valence-corrected chi connectivity index (χ3v) is 2.54. The van der Waals surface area contributed by atoms with Crippen LogP contribution in [0.15, 0.2) is 41.8 Å². The van der Waals surface area contributed by atoms with E-state index in [4.69, 9.17) is 16.2 Å². The minimum atomic E-state index is -4.35. The number of rotatable bonds is 3. The van der Waals surface area contributed by atoms with E-state index in [0.717, 1.165) is 12.1 Å². The van der Waals surface area contributed by atoms with Crippen LogP contribution in [-0.4, -0.2) is 7.11 Å². The van der Waals surface area contributed by atoms with Crippen molar-refractivity contribution in [2.24, 2.45) is 11.5 Å². The number of nitrogens with two attached hydrogens (primary N) is 2. The molecule has 4 N–H and O–H groups in total. The number of alkyl halides is 3. The predicted octanol–water partition coefficient (Wildman–Crippen LogP) is 2.84. The fourth-order valence-corrected chi connectivity index (χ4v) is 1.42. The topological polar surface area (TPSA) is 61.3 Å². The highest BCUT2D eigenvalue weighted by Gasteiger charge is 2.29. The zero-order chi connectivity index (χ0) is 14.6. The molecule has 0 spiro atoms. The Labute approximate surface area is 109 Å². The lowest BCUT2D eigenvalue weighted by Gasteiger charge is -2.09. The molecule has 0 saturated carbocycles. The normalized spacial score (nSPS) is 14.1. The van der Waals surface area contributed by atoms with Crippen molar-refractivity contribution in [1.82, 2.24) is 0 Å². The molecule has 1 rings (SSSR count). The van der Waals surface area contributed by atoms with Crippen LogP contribution in [0, 0.1) is 0 Å². The van der Waals surface area contributed by atoms with E-state index < -0.39 is 11.7 Å². The Kier molecular flexibility index (Phi) is 4.47. The summed E-state index contributed by atoms with van der Waals surface area (Å²) in [5, 5.41) is 0. The number of benzene rings is 1. The molecule has 0 aliphatic carbocycles. The van der Waals surface area contributed by atoms with Crippen LogP contribution in [0.1, 0.15) is 18.1 Å². The Balaban J connectivity index is 3.08. The van der Waals surface area contributed by atoms with Crippen molar-refractivity contribution < 1.29 is 17.9 Å². The zero-order valence-electron chi connectivity index (χ0n) is 10.6. The molecule has 0 saturated heterocycles. The number of halogens is 3. The van der Waals surface area contributed by atoms with E-state index >= 15 is 0 Å². The molecule has 0 aliphatic rings. The number of methoxy groups -OCH3 is 1. The van der Waals surface area contributed by atoms with E-state index in [1.54, 1.807) is 6.92 Å². The van der Waals surface area contributed by atoms with Gasteiger partial charge in [-0.15, -0.1) is 0 Å². The quantitative estimate of drug-likeness (QED) is 0.657. The first-order valence-corrected chi connectivity index (χ1v) is 5.41. The molecule has 0 aliphatic heterocycles.